The van der Waals surface area contributed by atoms with Crippen molar-refractivity contribution in [3.63, 3.8) is 0 Å². The first kappa shape index (κ1) is 20.8. The minimum Gasteiger partial charge on any atom is -0.545 e. The van der Waals surface area contributed by atoms with E-state index in [1.165, 1.54) is 43.5 Å². The third-order valence-electron chi connectivity index (χ3n) is 3.66. The Bertz CT molecular complexity index is 1050. The van der Waals surface area contributed by atoms with Crippen LogP contribution in [0, 0.1) is 0 Å². The fraction of sp³-hybridized carbons (Fsp3) is 0.188. The van der Waals surface area contributed by atoms with Crippen LogP contribution in [0.1, 0.15) is 15.9 Å². The van der Waals surface area contributed by atoms with Gasteiger partial charge >= 0.3 is 0 Å². The van der Waals surface area contributed by atoms with Crippen molar-refractivity contribution in [1.82, 2.24) is 4.72 Å². The first-order valence-corrected chi connectivity index (χ1v) is 10.6. The normalized spacial score (nSPS) is 11.9. The Labute approximate surface area is 156 Å². The lowest BCUT2D eigenvalue weighted by Crippen LogP contribution is -2.27. The smallest absolute Gasteiger partial charge is 0.240 e. The van der Waals surface area contributed by atoms with Crippen molar-refractivity contribution in [2.75, 3.05) is 13.7 Å². The number of ether oxygens (including phenoxy) is 1. The van der Waals surface area contributed by atoms with Gasteiger partial charge in [-0.2, -0.15) is 0 Å². The molecule has 0 aliphatic rings. The van der Waals surface area contributed by atoms with Crippen molar-refractivity contribution >= 4 is 26.0 Å². The van der Waals surface area contributed by atoms with Crippen molar-refractivity contribution in [3.05, 3.63) is 53.6 Å². The van der Waals surface area contributed by atoms with Gasteiger partial charge < -0.3 is 14.6 Å². The molecule has 146 valence electrons. The van der Waals surface area contributed by atoms with E-state index in [0.29, 0.717) is 5.56 Å². The molecule has 2 rings (SSSR count). The van der Waals surface area contributed by atoms with E-state index < -0.39 is 26.0 Å². The largest absolute Gasteiger partial charge is 0.545 e. The summed E-state index contributed by atoms with van der Waals surface area (Å²) in [5, 5.41) is 16.1. The van der Waals surface area contributed by atoms with Crippen molar-refractivity contribution in [2.24, 2.45) is 5.14 Å². The van der Waals surface area contributed by atoms with E-state index in [1.54, 1.807) is 0 Å². The highest BCUT2D eigenvalue weighted by Gasteiger charge is 2.16. The van der Waals surface area contributed by atoms with E-state index in [1.807, 2.05) is 0 Å². The van der Waals surface area contributed by atoms with Gasteiger partial charge in [-0.15, -0.1) is 0 Å². The van der Waals surface area contributed by atoms with Crippen molar-refractivity contribution < 1.29 is 31.5 Å². The first-order valence-electron chi connectivity index (χ1n) is 7.55. The lowest BCUT2D eigenvalue weighted by Gasteiger charge is -2.12. The van der Waals surface area contributed by atoms with E-state index >= 15 is 0 Å². The van der Waals surface area contributed by atoms with Crippen LogP contribution in [0.3, 0.4) is 0 Å². The Kier molecular flexibility index (Phi) is 6.21. The summed E-state index contributed by atoms with van der Waals surface area (Å²) in [6, 6.07) is 9.10. The maximum atomic E-state index is 12.3. The summed E-state index contributed by atoms with van der Waals surface area (Å²) in [6.45, 7) is 0.0176. The number of hydrogen-bond donors (Lipinski definition) is 2. The molecule has 9 nitrogen and oxygen atoms in total. The molecule has 0 saturated carbocycles. The van der Waals surface area contributed by atoms with Crippen LogP contribution in [0.5, 0.6) is 5.75 Å². The predicted molar refractivity (Wildman–Crippen MR) is 94.0 cm³/mol. The number of methoxy groups -OCH3 is 1. The van der Waals surface area contributed by atoms with E-state index in [-0.39, 0.29) is 34.1 Å². The first-order chi connectivity index (χ1) is 12.5. The highest BCUT2D eigenvalue weighted by atomic mass is 32.2. The number of aromatic carboxylic acids is 1. The lowest BCUT2D eigenvalue weighted by molar-refractivity contribution is -0.255. The lowest BCUT2D eigenvalue weighted by atomic mass is 10.2. The third-order valence-corrected chi connectivity index (χ3v) is 6.05. The Morgan fingerprint density at radius 1 is 1.07 bits per heavy atom. The minimum absolute atomic E-state index is 0.0103. The van der Waals surface area contributed by atoms with Crippen LogP contribution in [0.25, 0.3) is 0 Å². The quantitative estimate of drug-likeness (QED) is 0.575. The number of carbonyl (C=O) groups is 1. The van der Waals surface area contributed by atoms with Crippen LogP contribution in [0.2, 0.25) is 0 Å². The highest BCUT2D eigenvalue weighted by molar-refractivity contribution is 7.89. The van der Waals surface area contributed by atoms with Gasteiger partial charge in [0.05, 0.1) is 22.9 Å². The Morgan fingerprint density at radius 2 is 1.67 bits per heavy atom. The number of carboxylic acid groups (broad SMARTS) is 1. The zero-order valence-corrected chi connectivity index (χ0v) is 15.8. The van der Waals surface area contributed by atoms with Crippen LogP contribution in [0.4, 0.5) is 0 Å². The Hall–Kier alpha value is -2.47. The summed E-state index contributed by atoms with van der Waals surface area (Å²) in [5.41, 5.74) is 0.314. The predicted octanol–water partition coefficient (Wildman–Crippen LogP) is -0.773. The van der Waals surface area contributed by atoms with Gasteiger partial charge in [-0.1, -0.05) is 12.1 Å². The zero-order valence-electron chi connectivity index (χ0n) is 14.2. The second-order valence-corrected chi connectivity index (χ2v) is 8.81. The molecule has 0 aliphatic carbocycles. The van der Waals surface area contributed by atoms with Crippen LogP contribution in [-0.4, -0.2) is 36.5 Å². The molecule has 0 amide bonds. The second-order valence-electron chi connectivity index (χ2n) is 5.49. The number of rotatable bonds is 8. The number of nitrogens with one attached hydrogen (secondary N) is 1. The van der Waals surface area contributed by atoms with Gasteiger partial charge in [0.15, 0.2) is 0 Å². The number of primary sulfonamides is 1. The average Bonchev–Trinajstić information content (AvgIpc) is 2.60. The van der Waals surface area contributed by atoms with E-state index in [9.17, 15) is 26.7 Å². The molecule has 2 aromatic carbocycles. The second kappa shape index (κ2) is 8.05. The number of carboxylic acids is 1. The van der Waals surface area contributed by atoms with E-state index in [4.69, 9.17) is 9.88 Å². The molecular formula is C16H17N2O7S2-. The Morgan fingerprint density at radius 3 is 2.19 bits per heavy atom. The maximum absolute atomic E-state index is 12.3. The van der Waals surface area contributed by atoms with Gasteiger partial charge in [-0.25, -0.2) is 26.7 Å². The molecule has 0 saturated heterocycles. The maximum Gasteiger partial charge on any atom is 0.240 e. The van der Waals surface area contributed by atoms with Crippen molar-refractivity contribution in [2.45, 2.75) is 16.2 Å². The van der Waals surface area contributed by atoms with Crippen molar-refractivity contribution in [1.29, 1.82) is 0 Å². The summed E-state index contributed by atoms with van der Waals surface area (Å²) in [5.74, 6) is -1.57. The summed E-state index contributed by atoms with van der Waals surface area (Å²) in [4.78, 5) is 10.8. The number of benzene rings is 2. The molecule has 0 atom stereocenters. The molecule has 0 heterocycles. The van der Waals surface area contributed by atoms with Gasteiger partial charge in [-0.3, -0.25) is 0 Å². The Balaban J connectivity index is 2.09. The van der Waals surface area contributed by atoms with Gasteiger partial charge in [-0.05, 0) is 42.3 Å². The molecule has 0 aromatic heterocycles. The molecule has 0 unspecified atom stereocenters. The molecule has 27 heavy (non-hydrogen) atoms. The third kappa shape index (κ3) is 5.26. The van der Waals surface area contributed by atoms with Crippen LogP contribution in [0.15, 0.2) is 52.3 Å². The zero-order chi connectivity index (χ0) is 20.2. The molecule has 0 aliphatic heterocycles. The molecule has 0 bridgehead atoms. The topological polar surface area (TPSA) is 156 Å². The molecule has 0 fully saturated rings. The van der Waals surface area contributed by atoms with E-state index in [0.717, 1.165) is 6.07 Å². The monoisotopic (exact) mass is 413 g/mol. The SMILES string of the molecule is COc1ccc(S(=O)(=O)NCCc2ccc(S(N)(=O)=O)cc2)cc1C(=O)[O-]. The summed E-state index contributed by atoms with van der Waals surface area (Å²) in [6.07, 6.45) is 0.285. The minimum atomic E-state index is -3.96. The fourth-order valence-corrected chi connectivity index (χ4v) is 3.85. The number of sulfonamides is 2. The highest BCUT2D eigenvalue weighted by Crippen LogP contribution is 2.21. The fourth-order valence-electron chi connectivity index (χ4n) is 2.27. The number of hydrogen-bond acceptors (Lipinski definition) is 7. The molecular weight excluding hydrogens is 396 g/mol. The molecule has 11 heteroatoms. The van der Waals surface area contributed by atoms with Crippen LogP contribution >= 0.6 is 0 Å². The number of carbonyl (C=O) groups excluding carboxylic acids is 1. The van der Waals surface area contributed by atoms with Gasteiger partial charge in [0.1, 0.15) is 5.75 Å². The van der Waals surface area contributed by atoms with Gasteiger partial charge in [0.25, 0.3) is 0 Å². The summed E-state index contributed by atoms with van der Waals surface area (Å²) in [7, 11) is -6.49. The summed E-state index contributed by atoms with van der Waals surface area (Å²) < 4.78 is 54.2. The van der Waals surface area contributed by atoms with Gasteiger partial charge in [0.2, 0.25) is 20.0 Å². The van der Waals surface area contributed by atoms with Crippen molar-refractivity contribution in [3.8, 4) is 5.75 Å². The number of nitrogens with two attached hydrogens (primary N) is 1. The van der Waals surface area contributed by atoms with Crippen LogP contribution < -0.4 is 19.7 Å². The summed E-state index contributed by atoms with van der Waals surface area (Å²) >= 11 is 0. The molecule has 0 spiro atoms. The standard InChI is InChI=1S/C16H18N2O7S2/c1-25-15-7-6-13(10-14(15)16(19)20)27(23,24)18-9-8-11-2-4-12(5-3-11)26(17,21)22/h2-7,10,18H,8-9H2,1H3,(H,19,20)(H2,17,21,22)/p-1. The molecule has 0 radical (unpaired) electrons. The average molecular weight is 413 g/mol. The van der Waals surface area contributed by atoms with Gasteiger partial charge in [0, 0.05) is 12.1 Å². The molecule has 2 aromatic rings. The molecule has 3 N–H and O–H groups in total. The van der Waals surface area contributed by atoms with Crippen LogP contribution in [-0.2, 0) is 26.5 Å². The van der Waals surface area contributed by atoms with E-state index in [2.05, 4.69) is 4.72 Å².